The van der Waals surface area contributed by atoms with Crippen LogP contribution in [0.1, 0.15) is 6.92 Å². The van der Waals surface area contributed by atoms with Crippen molar-refractivity contribution in [3.8, 4) is 5.75 Å². The van der Waals surface area contributed by atoms with E-state index in [0.717, 1.165) is 18.4 Å². The lowest BCUT2D eigenvalue weighted by atomic mass is 10.2. The van der Waals surface area contributed by atoms with Crippen LogP contribution in [0.4, 0.5) is 15.8 Å². The van der Waals surface area contributed by atoms with Gasteiger partial charge in [0.25, 0.3) is 5.91 Å². The van der Waals surface area contributed by atoms with Crippen LogP contribution in [0.25, 0.3) is 0 Å². The number of nitrogens with zero attached hydrogens (tertiary/aromatic N) is 1. The van der Waals surface area contributed by atoms with Gasteiger partial charge in [-0.1, -0.05) is 0 Å². The van der Waals surface area contributed by atoms with E-state index in [0.29, 0.717) is 0 Å². The lowest BCUT2D eigenvalue weighted by Crippen LogP contribution is -2.30. The summed E-state index contributed by atoms with van der Waals surface area (Å²) in [6.45, 7) is 1.44. The van der Waals surface area contributed by atoms with Crippen LogP contribution in [0, 0.1) is 15.9 Å². The maximum atomic E-state index is 13.3. The molecule has 8 nitrogen and oxygen atoms in total. The molecule has 0 aromatic heterocycles. The van der Waals surface area contributed by atoms with Crippen molar-refractivity contribution in [3.05, 3.63) is 58.4 Å². The zero-order valence-corrected chi connectivity index (χ0v) is 14.6. The SMILES string of the molecule is CC(Oc1ccc(S(C)(=O)=O)cc1)C(=O)Nc1ccc(F)c([N+](=O)[O-])c1. The van der Waals surface area contributed by atoms with Gasteiger partial charge in [-0.3, -0.25) is 14.9 Å². The molecule has 0 bridgehead atoms. The molecular formula is C16H15FN2O6S. The monoisotopic (exact) mass is 382 g/mol. The predicted octanol–water partition coefficient (Wildman–Crippen LogP) is 2.54. The zero-order valence-electron chi connectivity index (χ0n) is 13.8. The van der Waals surface area contributed by atoms with Crippen molar-refractivity contribution in [1.82, 2.24) is 0 Å². The van der Waals surface area contributed by atoms with Crippen molar-refractivity contribution in [3.63, 3.8) is 0 Å². The molecular weight excluding hydrogens is 367 g/mol. The van der Waals surface area contributed by atoms with Gasteiger partial charge in [0.05, 0.1) is 9.82 Å². The Morgan fingerprint density at radius 2 is 1.85 bits per heavy atom. The molecule has 0 spiro atoms. The number of hydrogen-bond donors (Lipinski definition) is 1. The summed E-state index contributed by atoms with van der Waals surface area (Å²) in [6, 6.07) is 8.47. The molecule has 0 aliphatic heterocycles. The largest absolute Gasteiger partial charge is 0.481 e. The molecule has 0 radical (unpaired) electrons. The Labute approximate surface area is 148 Å². The number of nitro groups is 1. The fourth-order valence-corrected chi connectivity index (χ4v) is 2.63. The van der Waals surface area contributed by atoms with E-state index in [1.165, 1.54) is 37.3 Å². The minimum atomic E-state index is -3.34. The highest BCUT2D eigenvalue weighted by Crippen LogP contribution is 2.22. The van der Waals surface area contributed by atoms with Crippen LogP contribution >= 0.6 is 0 Å². The van der Waals surface area contributed by atoms with Crippen molar-refractivity contribution < 1.29 is 27.3 Å². The fraction of sp³-hybridized carbons (Fsp3) is 0.188. The number of sulfone groups is 1. The Morgan fingerprint density at radius 3 is 2.38 bits per heavy atom. The van der Waals surface area contributed by atoms with Crippen LogP contribution in [-0.4, -0.2) is 31.6 Å². The molecule has 2 aromatic carbocycles. The molecule has 1 amide bonds. The molecule has 0 aliphatic rings. The van der Waals surface area contributed by atoms with Gasteiger partial charge in [0.2, 0.25) is 5.82 Å². The van der Waals surface area contributed by atoms with Crippen LogP contribution in [0.2, 0.25) is 0 Å². The molecule has 0 aliphatic carbocycles. The number of benzene rings is 2. The predicted molar refractivity (Wildman–Crippen MR) is 91.3 cm³/mol. The first-order valence-corrected chi connectivity index (χ1v) is 9.18. The molecule has 2 aromatic rings. The minimum Gasteiger partial charge on any atom is -0.481 e. The quantitative estimate of drug-likeness (QED) is 0.606. The van der Waals surface area contributed by atoms with Crippen LogP contribution in [0.15, 0.2) is 47.4 Å². The number of anilines is 1. The third-order valence-corrected chi connectivity index (χ3v) is 4.47. The summed E-state index contributed by atoms with van der Waals surface area (Å²) < 4.78 is 41.5. The molecule has 138 valence electrons. The summed E-state index contributed by atoms with van der Waals surface area (Å²) in [6.07, 6.45) is 0.0871. The number of ether oxygens (including phenoxy) is 1. The molecule has 0 saturated carbocycles. The third kappa shape index (κ3) is 4.76. The molecule has 0 fully saturated rings. The highest BCUT2D eigenvalue weighted by Gasteiger charge is 2.19. The first-order valence-electron chi connectivity index (χ1n) is 7.29. The molecule has 1 atom stereocenters. The lowest BCUT2D eigenvalue weighted by Gasteiger charge is -2.15. The Kier molecular flexibility index (Phi) is 5.56. The lowest BCUT2D eigenvalue weighted by molar-refractivity contribution is -0.387. The van der Waals surface area contributed by atoms with Crippen molar-refractivity contribution >= 4 is 27.1 Å². The average molecular weight is 382 g/mol. The normalized spacial score (nSPS) is 12.3. The summed E-state index contributed by atoms with van der Waals surface area (Å²) in [5.41, 5.74) is -0.710. The van der Waals surface area contributed by atoms with Gasteiger partial charge >= 0.3 is 5.69 Å². The number of carbonyl (C=O) groups is 1. The van der Waals surface area contributed by atoms with E-state index in [1.807, 2.05) is 0 Å². The van der Waals surface area contributed by atoms with Crippen LogP contribution in [-0.2, 0) is 14.6 Å². The van der Waals surface area contributed by atoms with E-state index in [1.54, 1.807) is 0 Å². The number of halogens is 1. The standard InChI is InChI=1S/C16H15FN2O6S/c1-10(25-12-4-6-13(7-5-12)26(2,23)24)16(20)18-11-3-8-14(17)15(9-11)19(21)22/h3-10H,1-2H3,(H,18,20). The topological polar surface area (TPSA) is 116 Å². The summed E-state index contributed by atoms with van der Waals surface area (Å²) in [4.78, 5) is 22.0. The fourth-order valence-electron chi connectivity index (χ4n) is 2.00. The second-order valence-electron chi connectivity index (χ2n) is 5.42. The Balaban J connectivity index is 2.06. The molecule has 1 N–H and O–H groups in total. The van der Waals surface area contributed by atoms with E-state index in [4.69, 9.17) is 4.74 Å². The summed E-state index contributed by atoms with van der Waals surface area (Å²) in [5, 5.41) is 13.1. The number of amides is 1. The van der Waals surface area contributed by atoms with Gasteiger partial charge in [0.15, 0.2) is 15.9 Å². The van der Waals surface area contributed by atoms with Gasteiger partial charge in [0.1, 0.15) is 5.75 Å². The van der Waals surface area contributed by atoms with Crippen molar-refractivity contribution in [2.45, 2.75) is 17.9 Å². The van der Waals surface area contributed by atoms with Gasteiger partial charge in [-0.2, -0.15) is 4.39 Å². The van der Waals surface area contributed by atoms with Crippen molar-refractivity contribution in [2.75, 3.05) is 11.6 Å². The summed E-state index contributed by atoms with van der Waals surface area (Å²) in [7, 11) is -3.34. The number of carbonyl (C=O) groups excluding carboxylic acids is 1. The second-order valence-corrected chi connectivity index (χ2v) is 7.43. The Bertz CT molecular complexity index is 944. The zero-order chi connectivity index (χ0) is 19.5. The Hall–Kier alpha value is -3.01. The highest BCUT2D eigenvalue weighted by atomic mass is 32.2. The van der Waals surface area contributed by atoms with Crippen molar-refractivity contribution in [2.24, 2.45) is 0 Å². The van der Waals surface area contributed by atoms with E-state index >= 15 is 0 Å². The molecule has 26 heavy (non-hydrogen) atoms. The van der Waals surface area contributed by atoms with E-state index in [9.17, 15) is 27.7 Å². The van der Waals surface area contributed by atoms with Crippen LogP contribution < -0.4 is 10.1 Å². The number of nitro benzene ring substituents is 1. The summed E-state index contributed by atoms with van der Waals surface area (Å²) >= 11 is 0. The van der Waals surface area contributed by atoms with Gasteiger partial charge in [-0.25, -0.2) is 8.42 Å². The van der Waals surface area contributed by atoms with Gasteiger partial charge in [-0.05, 0) is 43.3 Å². The number of hydrogen-bond acceptors (Lipinski definition) is 6. The number of rotatable bonds is 6. The van der Waals surface area contributed by atoms with Gasteiger partial charge in [-0.15, -0.1) is 0 Å². The molecule has 10 heteroatoms. The smallest absolute Gasteiger partial charge is 0.306 e. The van der Waals surface area contributed by atoms with Crippen molar-refractivity contribution in [1.29, 1.82) is 0 Å². The van der Waals surface area contributed by atoms with Gasteiger partial charge < -0.3 is 10.1 Å². The van der Waals surface area contributed by atoms with E-state index in [-0.39, 0.29) is 16.3 Å². The maximum absolute atomic E-state index is 13.3. The van der Waals surface area contributed by atoms with E-state index < -0.39 is 38.3 Å². The first-order chi connectivity index (χ1) is 12.1. The van der Waals surface area contributed by atoms with Crippen LogP contribution in [0.5, 0.6) is 5.75 Å². The molecule has 1 unspecified atom stereocenters. The third-order valence-electron chi connectivity index (χ3n) is 3.34. The number of nitrogens with one attached hydrogen (secondary N) is 1. The maximum Gasteiger partial charge on any atom is 0.306 e. The second kappa shape index (κ2) is 7.48. The van der Waals surface area contributed by atoms with E-state index in [2.05, 4.69) is 5.32 Å². The van der Waals surface area contributed by atoms with Crippen LogP contribution in [0.3, 0.4) is 0 Å². The highest BCUT2D eigenvalue weighted by molar-refractivity contribution is 7.90. The molecule has 0 saturated heterocycles. The van der Waals surface area contributed by atoms with Gasteiger partial charge in [0, 0.05) is 18.0 Å². The summed E-state index contributed by atoms with van der Waals surface area (Å²) in [5.74, 6) is -1.36. The average Bonchev–Trinajstić information content (AvgIpc) is 2.56. The molecule has 0 heterocycles. The minimum absolute atomic E-state index is 0.0472. The Morgan fingerprint density at radius 1 is 1.23 bits per heavy atom. The molecule has 2 rings (SSSR count). The first kappa shape index (κ1) is 19.3.